The van der Waals surface area contributed by atoms with Crippen LogP contribution >= 0.6 is 11.3 Å². The first kappa shape index (κ1) is 23.0. The van der Waals surface area contributed by atoms with E-state index in [1.165, 1.54) is 22.2 Å². The lowest BCUT2D eigenvalue weighted by Crippen LogP contribution is -2.47. The molecule has 0 aliphatic carbocycles. The Morgan fingerprint density at radius 1 is 1.15 bits per heavy atom. The van der Waals surface area contributed by atoms with Crippen LogP contribution in [0, 0.1) is 11.8 Å². The van der Waals surface area contributed by atoms with Gasteiger partial charge in [0, 0.05) is 26.1 Å². The summed E-state index contributed by atoms with van der Waals surface area (Å²) in [5.74, 6) is 0.989. The number of carbonyl (C=O) groups is 2. The van der Waals surface area contributed by atoms with Gasteiger partial charge in [-0.1, -0.05) is 13.8 Å². The van der Waals surface area contributed by atoms with Crippen LogP contribution in [0.2, 0.25) is 0 Å². The van der Waals surface area contributed by atoms with E-state index in [0.717, 1.165) is 11.0 Å². The smallest absolute Gasteiger partial charge is 0.332 e. The van der Waals surface area contributed by atoms with Gasteiger partial charge in [-0.3, -0.25) is 23.5 Å². The Balaban J connectivity index is 1.53. The maximum Gasteiger partial charge on any atom is 0.332 e. The zero-order valence-electron chi connectivity index (χ0n) is 18.8. The Kier molecular flexibility index (Phi) is 6.83. The zero-order valence-corrected chi connectivity index (χ0v) is 19.6. The second-order valence-electron chi connectivity index (χ2n) is 8.81. The zero-order chi connectivity index (χ0) is 23.5. The lowest BCUT2D eigenvalue weighted by molar-refractivity contribution is -0.134. The van der Waals surface area contributed by atoms with Crippen molar-refractivity contribution in [2.45, 2.75) is 46.3 Å². The van der Waals surface area contributed by atoms with E-state index in [9.17, 15) is 19.2 Å². The molecular weight excluding hydrogens is 444 g/mol. The van der Waals surface area contributed by atoms with Crippen LogP contribution in [0.25, 0.3) is 10.2 Å². The van der Waals surface area contributed by atoms with E-state index in [0.29, 0.717) is 40.9 Å². The van der Waals surface area contributed by atoms with Gasteiger partial charge in [0.25, 0.3) is 5.56 Å². The quantitative estimate of drug-likeness (QED) is 0.566. The number of likely N-dealkylation sites (tertiary alicyclic amines) is 1. The van der Waals surface area contributed by atoms with Crippen LogP contribution in [0.5, 0.6) is 0 Å². The van der Waals surface area contributed by atoms with Crippen LogP contribution in [0.15, 0.2) is 43.8 Å². The molecule has 0 saturated carbocycles. The van der Waals surface area contributed by atoms with Gasteiger partial charge in [0.15, 0.2) is 0 Å². The molecule has 0 bridgehead atoms. The molecule has 3 aromatic rings. The fraction of sp³-hybridized carbons (Fsp3) is 0.478. The summed E-state index contributed by atoms with van der Waals surface area (Å²) in [6, 6.07) is 5.17. The predicted molar refractivity (Wildman–Crippen MR) is 125 cm³/mol. The monoisotopic (exact) mass is 472 g/mol. The van der Waals surface area contributed by atoms with E-state index in [-0.39, 0.29) is 37.9 Å². The lowest BCUT2D eigenvalue weighted by Gasteiger charge is -2.35. The third kappa shape index (κ3) is 5.11. The molecule has 4 rings (SSSR count). The standard InChI is InChI=1S/C23H28N4O5S/c1-15-10-16(2)13-25(12-15)20(29)14-27-18-6-9-33-21(18)22(30)26(23(27)31)7-5-19(28)24-11-17-4-3-8-32-17/h3-4,6,8-9,15-16H,5,7,10-14H2,1-2H3,(H,24,28)/t15-,16-/m1/s1. The van der Waals surface area contributed by atoms with Gasteiger partial charge >= 0.3 is 5.69 Å². The fourth-order valence-corrected chi connectivity index (χ4v) is 5.33. The van der Waals surface area contributed by atoms with Crippen LogP contribution in [0.4, 0.5) is 0 Å². The molecule has 2 atom stereocenters. The van der Waals surface area contributed by atoms with Gasteiger partial charge < -0.3 is 14.6 Å². The van der Waals surface area contributed by atoms with Crippen LogP contribution in [-0.4, -0.2) is 38.9 Å². The van der Waals surface area contributed by atoms with Crippen molar-refractivity contribution in [2.24, 2.45) is 11.8 Å². The molecule has 10 heteroatoms. The highest BCUT2D eigenvalue weighted by Gasteiger charge is 2.26. The second kappa shape index (κ2) is 9.78. The molecule has 0 spiro atoms. The number of fused-ring (bicyclic) bond motifs is 1. The molecule has 176 valence electrons. The first-order valence-electron chi connectivity index (χ1n) is 11.1. The van der Waals surface area contributed by atoms with Crippen molar-refractivity contribution < 1.29 is 14.0 Å². The molecule has 33 heavy (non-hydrogen) atoms. The summed E-state index contributed by atoms with van der Waals surface area (Å²) in [5, 5.41) is 4.44. The number of nitrogens with one attached hydrogen (secondary N) is 1. The first-order chi connectivity index (χ1) is 15.8. The lowest BCUT2D eigenvalue weighted by atomic mass is 9.92. The largest absolute Gasteiger partial charge is 0.467 e. The van der Waals surface area contributed by atoms with Gasteiger partial charge in [0.1, 0.15) is 17.0 Å². The Morgan fingerprint density at radius 2 is 1.91 bits per heavy atom. The summed E-state index contributed by atoms with van der Waals surface area (Å²) in [6.45, 7) is 5.61. The fourth-order valence-electron chi connectivity index (χ4n) is 4.49. The van der Waals surface area contributed by atoms with Gasteiger partial charge in [-0.05, 0) is 41.8 Å². The minimum atomic E-state index is -0.573. The average molecular weight is 473 g/mol. The Bertz CT molecular complexity index is 1250. The van der Waals surface area contributed by atoms with E-state index < -0.39 is 11.2 Å². The van der Waals surface area contributed by atoms with Crippen molar-refractivity contribution in [3.8, 4) is 0 Å². The topological polar surface area (TPSA) is 107 Å². The van der Waals surface area contributed by atoms with Gasteiger partial charge in [-0.15, -0.1) is 11.3 Å². The Morgan fingerprint density at radius 3 is 2.61 bits per heavy atom. The molecule has 1 aliphatic heterocycles. The van der Waals surface area contributed by atoms with Gasteiger partial charge in [0.2, 0.25) is 11.8 Å². The highest BCUT2D eigenvalue weighted by molar-refractivity contribution is 7.17. The first-order valence-corrected chi connectivity index (χ1v) is 12.0. The third-order valence-electron chi connectivity index (χ3n) is 5.95. The van der Waals surface area contributed by atoms with Crippen molar-refractivity contribution in [1.82, 2.24) is 19.4 Å². The number of aromatic nitrogens is 2. The number of carbonyl (C=O) groups excluding carboxylic acids is 2. The summed E-state index contributed by atoms with van der Waals surface area (Å²) in [6.07, 6.45) is 2.56. The van der Waals surface area contributed by atoms with Crippen LogP contribution in [0.1, 0.15) is 32.4 Å². The summed E-state index contributed by atoms with van der Waals surface area (Å²) in [4.78, 5) is 53.2. The molecule has 1 fully saturated rings. The Hall–Kier alpha value is -3.14. The average Bonchev–Trinajstić information content (AvgIpc) is 3.46. The molecule has 3 aromatic heterocycles. The van der Waals surface area contributed by atoms with E-state index in [1.54, 1.807) is 28.5 Å². The summed E-state index contributed by atoms with van der Waals surface area (Å²) in [7, 11) is 0. The van der Waals surface area contributed by atoms with E-state index in [1.807, 2.05) is 0 Å². The maximum atomic E-state index is 13.2. The Labute approximate surface area is 194 Å². The van der Waals surface area contributed by atoms with Crippen LogP contribution in [-0.2, 0) is 29.2 Å². The number of furan rings is 1. The van der Waals surface area contributed by atoms with E-state index in [4.69, 9.17) is 4.42 Å². The number of amides is 2. The molecular formula is C23H28N4O5S. The van der Waals surface area contributed by atoms with Gasteiger partial charge in [-0.2, -0.15) is 0 Å². The normalized spacial score (nSPS) is 18.5. The summed E-state index contributed by atoms with van der Waals surface area (Å²) in [5.41, 5.74) is -0.552. The number of hydrogen-bond donors (Lipinski definition) is 1. The highest BCUT2D eigenvalue weighted by Crippen LogP contribution is 2.22. The minimum absolute atomic E-state index is 0.0398. The van der Waals surface area contributed by atoms with Crippen molar-refractivity contribution in [2.75, 3.05) is 13.1 Å². The SMILES string of the molecule is C[C@@H]1C[C@@H](C)CN(C(=O)Cn2c(=O)n(CCC(=O)NCc3ccco3)c(=O)c3sccc32)C1. The molecule has 1 aliphatic rings. The molecule has 0 unspecified atom stereocenters. The molecule has 0 aromatic carbocycles. The van der Waals surface area contributed by atoms with Crippen LogP contribution in [0.3, 0.4) is 0 Å². The van der Waals surface area contributed by atoms with Crippen LogP contribution < -0.4 is 16.6 Å². The van der Waals surface area contributed by atoms with Crippen molar-refractivity contribution in [3.63, 3.8) is 0 Å². The number of rotatable bonds is 7. The molecule has 0 radical (unpaired) electrons. The van der Waals surface area contributed by atoms with Gasteiger partial charge in [0.05, 0.1) is 18.3 Å². The summed E-state index contributed by atoms with van der Waals surface area (Å²) < 4.78 is 8.00. The van der Waals surface area contributed by atoms with Crippen molar-refractivity contribution in [1.29, 1.82) is 0 Å². The third-order valence-corrected chi connectivity index (χ3v) is 6.85. The molecule has 4 heterocycles. The predicted octanol–water partition coefficient (Wildman–Crippen LogP) is 2.03. The molecule has 2 amide bonds. The number of piperidine rings is 1. The van der Waals surface area contributed by atoms with E-state index >= 15 is 0 Å². The number of nitrogens with zero attached hydrogens (tertiary/aromatic N) is 3. The molecule has 1 saturated heterocycles. The summed E-state index contributed by atoms with van der Waals surface area (Å²) >= 11 is 1.23. The molecule has 1 N–H and O–H groups in total. The number of thiophene rings is 1. The van der Waals surface area contributed by atoms with Crippen molar-refractivity contribution >= 4 is 33.4 Å². The second-order valence-corrected chi connectivity index (χ2v) is 9.73. The maximum absolute atomic E-state index is 13.2. The van der Waals surface area contributed by atoms with E-state index in [2.05, 4.69) is 19.2 Å². The minimum Gasteiger partial charge on any atom is -0.467 e. The highest BCUT2D eigenvalue weighted by atomic mass is 32.1. The van der Waals surface area contributed by atoms with Gasteiger partial charge in [-0.25, -0.2) is 4.79 Å². The van der Waals surface area contributed by atoms with Crippen molar-refractivity contribution in [3.05, 3.63) is 56.4 Å². The molecule has 9 nitrogen and oxygen atoms in total. The number of hydrogen-bond acceptors (Lipinski definition) is 6.